The predicted molar refractivity (Wildman–Crippen MR) is 75.0 cm³/mol. The van der Waals surface area contributed by atoms with Crippen LogP contribution in [-0.4, -0.2) is 30.7 Å². The molecule has 3 nitrogen and oxygen atoms in total. The molecule has 0 spiro atoms. The average Bonchev–Trinajstić information content (AvgIpc) is 2.79. The minimum absolute atomic E-state index is 0.663. The molecular weight excluding hydrogens is 230 g/mol. The van der Waals surface area contributed by atoms with E-state index in [-0.39, 0.29) is 0 Å². The zero-order chi connectivity index (χ0) is 12.1. The molecule has 1 aliphatic rings. The van der Waals surface area contributed by atoms with Crippen LogP contribution in [0, 0.1) is 0 Å². The summed E-state index contributed by atoms with van der Waals surface area (Å²) in [7, 11) is 0. The predicted octanol–water partition coefficient (Wildman–Crippen LogP) is 2.67. The van der Waals surface area contributed by atoms with Crippen molar-refractivity contribution in [2.45, 2.75) is 45.6 Å². The van der Waals surface area contributed by atoms with Gasteiger partial charge in [0.25, 0.3) is 0 Å². The van der Waals surface area contributed by atoms with E-state index < -0.39 is 0 Å². The molecule has 1 atom stereocenters. The zero-order valence-electron chi connectivity index (χ0n) is 10.9. The van der Waals surface area contributed by atoms with Crippen molar-refractivity contribution in [1.29, 1.82) is 0 Å². The van der Waals surface area contributed by atoms with Crippen LogP contribution < -0.4 is 10.2 Å². The lowest BCUT2D eigenvalue weighted by atomic mass is 10.1. The summed E-state index contributed by atoms with van der Waals surface area (Å²) in [6.07, 6.45) is 5.05. The van der Waals surface area contributed by atoms with Gasteiger partial charge in [-0.05, 0) is 32.7 Å². The molecule has 1 aliphatic heterocycles. The second kappa shape index (κ2) is 6.36. The van der Waals surface area contributed by atoms with Gasteiger partial charge in [-0.15, -0.1) is 11.3 Å². The summed E-state index contributed by atoms with van der Waals surface area (Å²) in [4.78, 5) is 7.24. The molecule has 0 aromatic carbocycles. The third-order valence-electron chi connectivity index (χ3n) is 3.40. The maximum atomic E-state index is 4.76. The Morgan fingerprint density at radius 3 is 3.18 bits per heavy atom. The Hall–Kier alpha value is -0.610. The van der Waals surface area contributed by atoms with Gasteiger partial charge in [-0.3, -0.25) is 0 Å². The molecule has 1 unspecified atom stereocenters. The molecule has 17 heavy (non-hydrogen) atoms. The average molecular weight is 253 g/mol. The Balaban J connectivity index is 1.92. The number of nitrogens with zero attached hydrogens (tertiary/aromatic N) is 2. The van der Waals surface area contributed by atoms with E-state index in [1.807, 2.05) is 0 Å². The Morgan fingerprint density at radius 2 is 2.41 bits per heavy atom. The number of aromatic nitrogens is 1. The van der Waals surface area contributed by atoms with E-state index in [1.54, 1.807) is 11.3 Å². The summed E-state index contributed by atoms with van der Waals surface area (Å²) in [5.74, 6) is 0. The van der Waals surface area contributed by atoms with Crippen LogP contribution in [0.25, 0.3) is 0 Å². The maximum absolute atomic E-state index is 4.76. The van der Waals surface area contributed by atoms with Crippen LogP contribution in [0.4, 0.5) is 5.13 Å². The van der Waals surface area contributed by atoms with Gasteiger partial charge in [-0.25, -0.2) is 4.98 Å². The zero-order valence-corrected chi connectivity index (χ0v) is 11.7. The van der Waals surface area contributed by atoms with E-state index in [0.29, 0.717) is 6.04 Å². The van der Waals surface area contributed by atoms with Gasteiger partial charge in [0.1, 0.15) is 0 Å². The molecule has 1 N–H and O–H groups in total. The van der Waals surface area contributed by atoms with Crippen LogP contribution in [0.15, 0.2) is 5.38 Å². The first-order chi connectivity index (χ1) is 8.31. The molecule has 2 rings (SSSR count). The normalized spacial score (nSPS) is 20.8. The van der Waals surface area contributed by atoms with E-state index in [2.05, 4.69) is 29.4 Å². The van der Waals surface area contributed by atoms with Gasteiger partial charge < -0.3 is 10.2 Å². The molecule has 0 bridgehead atoms. The molecule has 0 aliphatic carbocycles. The Labute approximate surface area is 108 Å². The van der Waals surface area contributed by atoms with Gasteiger partial charge in [-0.1, -0.05) is 6.92 Å². The lowest BCUT2D eigenvalue weighted by molar-refractivity contribution is 0.484. The molecule has 1 aromatic rings. The van der Waals surface area contributed by atoms with Gasteiger partial charge in [0, 0.05) is 30.9 Å². The van der Waals surface area contributed by atoms with Crippen LogP contribution in [0.3, 0.4) is 0 Å². The third-order valence-corrected chi connectivity index (χ3v) is 4.32. The van der Waals surface area contributed by atoms with Crippen molar-refractivity contribution in [1.82, 2.24) is 10.3 Å². The number of likely N-dealkylation sites (N-methyl/N-ethyl adjacent to an activating group) is 1. The molecule has 96 valence electrons. The molecular formula is C13H23N3S. The van der Waals surface area contributed by atoms with Crippen molar-refractivity contribution in [3.05, 3.63) is 11.1 Å². The highest BCUT2D eigenvalue weighted by atomic mass is 32.1. The van der Waals surface area contributed by atoms with Gasteiger partial charge in [0.15, 0.2) is 5.13 Å². The summed E-state index contributed by atoms with van der Waals surface area (Å²) >= 11 is 1.80. The van der Waals surface area contributed by atoms with Gasteiger partial charge in [-0.2, -0.15) is 0 Å². The SMILES string of the molecule is CCNCCc1csc(N2CCCCC2C)n1. The van der Waals surface area contributed by atoms with E-state index in [0.717, 1.165) is 19.5 Å². The van der Waals surface area contributed by atoms with Crippen LogP contribution >= 0.6 is 11.3 Å². The smallest absolute Gasteiger partial charge is 0.185 e. The fourth-order valence-corrected chi connectivity index (χ4v) is 3.31. The van der Waals surface area contributed by atoms with E-state index >= 15 is 0 Å². The fraction of sp³-hybridized carbons (Fsp3) is 0.769. The standard InChI is InChI=1S/C13H23N3S/c1-3-14-8-7-12-10-17-13(15-12)16-9-5-4-6-11(16)2/h10-11,14H,3-9H2,1-2H3. The van der Waals surface area contributed by atoms with Crippen LogP contribution in [0.5, 0.6) is 0 Å². The molecule has 0 radical (unpaired) electrons. The Morgan fingerprint density at radius 1 is 1.53 bits per heavy atom. The first-order valence-corrected chi connectivity index (χ1v) is 7.61. The lowest BCUT2D eigenvalue weighted by Gasteiger charge is -2.33. The van der Waals surface area contributed by atoms with Crippen molar-refractivity contribution >= 4 is 16.5 Å². The van der Waals surface area contributed by atoms with Crippen molar-refractivity contribution in [2.75, 3.05) is 24.5 Å². The minimum Gasteiger partial charge on any atom is -0.345 e. The molecule has 1 saturated heterocycles. The molecule has 2 heterocycles. The summed E-state index contributed by atoms with van der Waals surface area (Å²) in [5.41, 5.74) is 1.24. The van der Waals surface area contributed by atoms with Gasteiger partial charge in [0.2, 0.25) is 0 Å². The van der Waals surface area contributed by atoms with Crippen molar-refractivity contribution in [3.63, 3.8) is 0 Å². The topological polar surface area (TPSA) is 28.2 Å². The highest BCUT2D eigenvalue weighted by Crippen LogP contribution is 2.27. The summed E-state index contributed by atoms with van der Waals surface area (Å²) in [6, 6.07) is 0.663. The molecule has 1 fully saturated rings. The van der Waals surface area contributed by atoms with Crippen LogP contribution in [0.1, 0.15) is 38.8 Å². The van der Waals surface area contributed by atoms with Crippen LogP contribution in [0.2, 0.25) is 0 Å². The second-order valence-electron chi connectivity index (χ2n) is 4.76. The second-order valence-corrected chi connectivity index (χ2v) is 5.60. The van der Waals surface area contributed by atoms with Crippen molar-refractivity contribution < 1.29 is 0 Å². The van der Waals surface area contributed by atoms with E-state index in [1.165, 1.54) is 36.6 Å². The number of anilines is 1. The largest absolute Gasteiger partial charge is 0.345 e. The molecule has 4 heteroatoms. The maximum Gasteiger partial charge on any atom is 0.185 e. The Bertz CT molecular complexity index is 337. The monoisotopic (exact) mass is 253 g/mol. The molecule has 1 aromatic heterocycles. The number of piperidine rings is 1. The highest BCUT2D eigenvalue weighted by Gasteiger charge is 2.20. The van der Waals surface area contributed by atoms with Gasteiger partial charge in [0.05, 0.1) is 5.69 Å². The number of rotatable bonds is 5. The highest BCUT2D eigenvalue weighted by molar-refractivity contribution is 7.13. The van der Waals surface area contributed by atoms with E-state index in [4.69, 9.17) is 4.98 Å². The first-order valence-electron chi connectivity index (χ1n) is 6.73. The van der Waals surface area contributed by atoms with Crippen LogP contribution in [-0.2, 0) is 6.42 Å². The molecule has 0 saturated carbocycles. The fourth-order valence-electron chi connectivity index (χ4n) is 2.32. The van der Waals surface area contributed by atoms with Gasteiger partial charge >= 0.3 is 0 Å². The number of hydrogen-bond acceptors (Lipinski definition) is 4. The quantitative estimate of drug-likeness (QED) is 0.818. The summed E-state index contributed by atoms with van der Waals surface area (Å²) < 4.78 is 0. The van der Waals surface area contributed by atoms with E-state index in [9.17, 15) is 0 Å². The lowest BCUT2D eigenvalue weighted by Crippen LogP contribution is -2.37. The Kier molecular flexibility index (Phi) is 4.80. The summed E-state index contributed by atoms with van der Waals surface area (Å²) in [6.45, 7) is 7.72. The molecule has 0 amide bonds. The third kappa shape index (κ3) is 3.42. The minimum atomic E-state index is 0.663. The number of thiazole rings is 1. The van der Waals surface area contributed by atoms with Crippen molar-refractivity contribution in [2.24, 2.45) is 0 Å². The van der Waals surface area contributed by atoms with Crippen molar-refractivity contribution in [3.8, 4) is 0 Å². The number of nitrogens with one attached hydrogen (secondary N) is 1. The number of hydrogen-bond donors (Lipinski definition) is 1. The summed E-state index contributed by atoms with van der Waals surface area (Å²) in [5, 5.41) is 6.79. The first kappa shape index (κ1) is 12.8.